The standard InChI is InChI=1S/C27H29N5O2/c1-2-34-25-15-9-7-13-23(25)29-27(33)31-18-16-30(17-19-31)26-28-22-12-6-8-14-24(22)32(26)20-21-10-4-3-5-11-21/h3-15H,2,16-20H2,1H3,(H,29,33). The molecule has 1 fully saturated rings. The number of rotatable bonds is 6. The van der Waals surface area contributed by atoms with E-state index in [1.54, 1.807) is 0 Å². The summed E-state index contributed by atoms with van der Waals surface area (Å²) < 4.78 is 7.91. The van der Waals surface area contributed by atoms with Crippen LogP contribution in [0.4, 0.5) is 16.4 Å². The van der Waals surface area contributed by atoms with E-state index in [1.807, 2.05) is 48.2 Å². The van der Waals surface area contributed by atoms with Gasteiger partial charge in [-0.05, 0) is 36.8 Å². The van der Waals surface area contributed by atoms with Gasteiger partial charge in [-0.2, -0.15) is 0 Å². The second kappa shape index (κ2) is 9.87. The molecule has 0 aliphatic carbocycles. The van der Waals surface area contributed by atoms with Crippen molar-refractivity contribution < 1.29 is 9.53 Å². The van der Waals surface area contributed by atoms with Crippen LogP contribution < -0.4 is 15.0 Å². The van der Waals surface area contributed by atoms with Gasteiger partial charge in [-0.15, -0.1) is 0 Å². The van der Waals surface area contributed by atoms with Crippen molar-refractivity contribution in [2.24, 2.45) is 0 Å². The summed E-state index contributed by atoms with van der Waals surface area (Å²) in [6, 6.07) is 26.1. The number of nitrogens with zero attached hydrogens (tertiary/aromatic N) is 4. The van der Waals surface area contributed by atoms with Gasteiger partial charge in [-0.1, -0.05) is 54.6 Å². The number of imidazole rings is 1. The number of nitrogens with one attached hydrogen (secondary N) is 1. The molecule has 7 nitrogen and oxygen atoms in total. The zero-order valence-electron chi connectivity index (χ0n) is 19.4. The van der Waals surface area contributed by atoms with E-state index in [-0.39, 0.29) is 6.03 Å². The van der Waals surface area contributed by atoms with Crippen molar-refractivity contribution in [2.45, 2.75) is 13.5 Å². The molecule has 1 aromatic heterocycles. The second-order valence-corrected chi connectivity index (χ2v) is 8.31. The van der Waals surface area contributed by atoms with Crippen molar-refractivity contribution >= 4 is 28.7 Å². The lowest BCUT2D eigenvalue weighted by Crippen LogP contribution is -2.50. The molecule has 1 aliphatic rings. The molecule has 1 saturated heterocycles. The fraction of sp³-hybridized carbons (Fsp3) is 0.259. The molecule has 0 radical (unpaired) electrons. The predicted octanol–water partition coefficient (Wildman–Crippen LogP) is 4.84. The van der Waals surface area contributed by atoms with Gasteiger partial charge in [0.1, 0.15) is 5.75 Å². The van der Waals surface area contributed by atoms with Crippen molar-refractivity contribution in [3.8, 4) is 5.75 Å². The second-order valence-electron chi connectivity index (χ2n) is 8.31. The van der Waals surface area contributed by atoms with E-state index in [0.717, 1.165) is 36.6 Å². The first-order chi connectivity index (χ1) is 16.7. The largest absolute Gasteiger partial charge is 0.492 e. The van der Waals surface area contributed by atoms with Gasteiger partial charge in [0.05, 0.1) is 29.9 Å². The molecule has 7 heteroatoms. The number of anilines is 2. The Bertz CT molecular complexity index is 1260. The molecule has 174 valence electrons. The van der Waals surface area contributed by atoms with E-state index in [2.05, 4.69) is 57.2 Å². The molecule has 2 amide bonds. The van der Waals surface area contributed by atoms with Crippen LogP contribution in [0.25, 0.3) is 11.0 Å². The van der Waals surface area contributed by atoms with Crippen LogP contribution in [0.2, 0.25) is 0 Å². The minimum absolute atomic E-state index is 0.107. The molecular weight excluding hydrogens is 426 g/mol. The molecular formula is C27H29N5O2. The van der Waals surface area contributed by atoms with Crippen molar-refractivity contribution in [1.29, 1.82) is 0 Å². The number of hydrogen-bond acceptors (Lipinski definition) is 4. The number of ether oxygens (including phenoxy) is 1. The maximum atomic E-state index is 12.9. The highest BCUT2D eigenvalue weighted by atomic mass is 16.5. The average molecular weight is 456 g/mol. The van der Waals surface area contributed by atoms with Crippen LogP contribution in [0, 0.1) is 0 Å². The molecule has 4 aromatic rings. The van der Waals surface area contributed by atoms with E-state index in [4.69, 9.17) is 9.72 Å². The number of para-hydroxylation sites is 4. The van der Waals surface area contributed by atoms with E-state index >= 15 is 0 Å². The monoisotopic (exact) mass is 455 g/mol. The third-order valence-corrected chi connectivity index (χ3v) is 6.10. The molecule has 34 heavy (non-hydrogen) atoms. The average Bonchev–Trinajstić information content (AvgIpc) is 3.24. The Kier molecular flexibility index (Phi) is 6.33. The summed E-state index contributed by atoms with van der Waals surface area (Å²) >= 11 is 0. The van der Waals surface area contributed by atoms with Gasteiger partial charge >= 0.3 is 6.03 Å². The van der Waals surface area contributed by atoms with Crippen molar-refractivity contribution in [3.05, 3.63) is 84.4 Å². The van der Waals surface area contributed by atoms with Crippen LogP contribution in [0.3, 0.4) is 0 Å². The van der Waals surface area contributed by atoms with Gasteiger partial charge in [0, 0.05) is 26.2 Å². The molecule has 5 rings (SSSR count). The number of aromatic nitrogens is 2. The quantitative estimate of drug-likeness (QED) is 0.452. The Morgan fingerprint density at radius 3 is 2.41 bits per heavy atom. The fourth-order valence-corrected chi connectivity index (χ4v) is 4.38. The number of urea groups is 1. The Balaban J connectivity index is 1.31. The van der Waals surface area contributed by atoms with Gasteiger partial charge in [-0.3, -0.25) is 0 Å². The number of carbonyl (C=O) groups is 1. The Morgan fingerprint density at radius 1 is 0.912 bits per heavy atom. The summed E-state index contributed by atoms with van der Waals surface area (Å²) in [4.78, 5) is 22.0. The molecule has 2 heterocycles. The van der Waals surface area contributed by atoms with Crippen molar-refractivity contribution in [1.82, 2.24) is 14.5 Å². The molecule has 1 N–H and O–H groups in total. The predicted molar refractivity (Wildman–Crippen MR) is 136 cm³/mol. The van der Waals surface area contributed by atoms with Gasteiger partial charge in [0.2, 0.25) is 5.95 Å². The molecule has 3 aromatic carbocycles. The number of benzene rings is 3. The molecule has 0 unspecified atom stereocenters. The summed E-state index contributed by atoms with van der Waals surface area (Å²) in [6.07, 6.45) is 0. The van der Waals surface area contributed by atoms with Gasteiger partial charge in [0.25, 0.3) is 0 Å². The van der Waals surface area contributed by atoms with Crippen LogP contribution in [-0.2, 0) is 6.54 Å². The third kappa shape index (κ3) is 4.55. The van der Waals surface area contributed by atoms with E-state index in [1.165, 1.54) is 5.56 Å². The van der Waals surface area contributed by atoms with Crippen LogP contribution in [0.5, 0.6) is 5.75 Å². The van der Waals surface area contributed by atoms with Crippen LogP contribution in [0.1, 0.15) is 12.5 Å². The smallest absolute Gasteiger partial charge is 0.322 e. The van der Waals surface area contributed by atoms with E-state index in [9.17, 15) is 4.79 Å². The van der Waals surface area contributed by atoms with Crippen molar-refractivity contribution in [2.75, 3.05) is 43.0 Å². The topological polar surface area (TPSA) is 62.6 Å². The maximum Gasteiger partial charge on any atom is 0.322 e. The highest BCUT2D eigenvalue weighted by Crippen LogP contribution is 2.26. The summed E-state index contributed by atoms with van der Waals surface area (Å²) in [5.41, 5.74) is 4.04. The first-order valence-corrected chi connectivity index (χ1v) is 11.7. The van der Waals surface area contributed by atoms with E-state index in [0.29, 0.717) is 31.1 Å². The highest BCUT2D eigenvalue weighted by molar-refractivity contribution is 5.91. The SMILES string of the molecule is CCOc1ccccc1NC(=O)N1CCN(c2nc3ccccc3n2Cc2ccccc2)CC1. The first-order valence-electron chi connectivity index (χ1n) is 11.7. The number of carbonyl (C=O) groups excluding carboxylic acids is 1. The molecule has 0 bridgehead atoms. The minimum Gasteiger partial charge on any atom is -0.492 e. The van der Waals surface area contributed by atoms with Gasteiger partial charge in [-0.25, -0.2) is 9.78 Å². The summed E-state index contributed by atoms with van der Waals surface area (Å²) in [5.74, 6) is 1.64. The van der Waals surface area contributed by atoms with Crippen LogP contribution in [-0.4, -0.2) is 53.3 Å². The van der Waals surface area contributed by atoms with E-state index < -0.39 is 0 Å². The summed E-state index contributed by atoms with van der Waals surface area (Å²) in [5, 5.41) is 3.01. The van der Waals surface area contributed by atoms with Crippen LogP contribution in [0.15, 0.2) is 78.9 Å². The molecule has 0 atom stereocenters. The fourth-order valence-electron chi connectivity index (χ4n) is 4.38. The number of amides is 2. The molecule has 0 saturated carbocycles. The minimum atomic E-state index is -0.107. The Morgan fingerprint density at radius 2 is 1.62 bits per heavy atom. The lowest BCUT2D eigenvalue weighted by atomic mass is 10.2. The number of hydrogen-bond donors (Lipinski definition) is 1. The zero-order chi connectivity index (χ0) is 23.3. The Labute approximate surface area is 199 Å². The lowest BCUT2D eigenvalue weighted by molar-refractivity contribution is 0.207. The van der Waals surface area contributed by atoms with Crippen molar-refractivity contribution in [3.63, 3.8) is 0 Å². The summed E-state index contributed by atoms with van der Waals surface area (Å²) in [7, 11) is 0. The van der Waals surface area contributed by atoms with Gasteiger partial charge in [0.15, 0.2) is 0 Å². The highest BCUT2D eigenvalue weighted by Gasteiger charge is 2.25. The number of fused-ring (bicyclic) bond motifs is 1. The Hall–Kier alpha value is -4.00. The zero-order valence-corrected chi connectivity index (χ0v) is 19.4. The molecule has 1 aliphatic heterocycles. The summed E-state index contributed by atoms with van der Waals surface area (Å²) in [6.45, 7) is 5.93. The van der Waals surface area contributed by atoms with Gasteiger partial charge < -0.3 is 24.4 Å². The normalized spacial score (nSPS) is 13.8. The van der Waals surface area contributed by atoms with Crippen LogP contribution >= 0.6 is 0 Å². The molecule has 0 spiro atoms. The third-order valence-electron chi connectivity index (χ3n) is 6.10. The maximum absolute atomic E-state index is 12.9. The first kappa shape index (κ1) is 21.8. The number of piperazine rings is 1. The lowest BCUT2D eigenvalue weighted by Gasteiger charge is -2.35.